The Bertz CT molecular complexity index is 235. The molecule has 2 N–H and O–H groups in total. The molecule has 0 radical (unpaired) electrons. The van der Waals surface area contributed by atoms with Crippen molar-refractivity contribution < 1.29 is 14.4 Å². The molecule has 0 aromatic heterocycles. The van der Waals surface area contributed by atoms with E-state index in [0.29, 0.717) is 24.6 Å². The topological polar surface area (TPSA) is 75.3 Å². The van der Waals surface area contributed by atoms with Crippen LogP contribution in [0, 0.1) is 0 Å². The van der Waals surface area contributed by atoms with E-state index >= 15 is 0 Å². The van der Waals surface area contributed by atoms with Crippen molar-refractivity contribution in [1.82, 2.24) is 10.6 Å². The lowest BCUT2D eigenvalue weighted by Crippen LogP contribution is -2.23. The van der Waals surface area contributed by atoms with Gasteiger partial charge >= 0.3 is 0 Å². The van der Waals surface area contributed by atoms with Crippen molar-refractivity contribution >= 4 is 39.8 Å². The van der Waals surface area contributed by atoms with Crippen molar-refractivity contribution in [3.8, 4) is 0 Å². The summed E-state index contributed by atoms with van der Waals surface area (Å²) in [6.45, 7) is 3.87. The molecule has 0 aliphatic heterocycles. The van der Waals surface area contributed by atoms with Crippen LogP contribution < -0.4 is 10.6 Å². The van der Waals surface area contributed by atoms with Crippen LogP contribution in [0.1, 0.15) is 13.8 Å². The zero-order valence-corrected chi connectivity index (χ0v) is 11.0. The first-order chi connectivity index (χ1) is 7.52. The number of carbonyl (C=O) groups excluding carboxylic acids is 3. The molecule has 0 aliphatic rings. The van der Waals surface area contributed by atoms with Gasteiger partial charge in [-0.15, -0.1) is 0 Å². The second-order valence-electron chi connectivity index (χ2n) is 2.91. The maximum Gasteiger partial charge on any atom is 0.246 e. The van der Waals surface area contributed by atoms with Gasteiger partial charge in [0.25, 0.3) is 0 Å². The Labute approximate surface area is 103 Å². The molecule has 0 aliphatic carbocycles. The predicted octanol–water partition coefficient (Wildman–Crippen LogP) is 0.845. The van der Waals surface area contributed by atoms with Crippen molar-refractivity contribution in [2.75, 3.05) is 24.6 Å². The van der Waals surface area contributed by atoms with Gasteiger partial charge in [0.1, 0.15) is 0 Å². The summed E-state index contributed by atoms with van der Waals surface area (Å²) in [5.74, 6) is 0.967. The molecule has 0 unspecified atom stereocenters. The minimum Gasteiger partial charge on any atom is -0.356 e. The third-order valence-electron chi connectivity index (χ3n) is 1.39. The van der Waals surface area contributed by atoms with E-state index in [1.807, 2.05) is 0 Å². The highest BCUT2D eigenvalue weighted by Crippen LogP contribution is 2.15. The van der Waals surface area contributed by atoms with Crippen LogP contribution in [0.2, 0.25) is 0 Å². The van der Waals surface area contributed by atoms with E-state index in [4.69, 9.17) is 0 Å². The fourth-order valence-corrected chi connectivity index (χ4v) is 2.34. The fourth-order valence-electron chi connectivity index (χ4n) is 0.765. The van der Waals surface area contributed by atoms with Gasteiger partial charge in [0.2, 0.25) is 16.3 Å². The lowest BCUT2D eigenvalue weighted by Gasteiger charge is -2.02. The lowest BCUT2D eigenvalue weighted by molar-refractivity contribution is -0.119. The van der Waals surface area contributed by atoms with Crippen LogP contribution in [0.5, 0.6) is 0 Å². The van der Waals surface area contributed by atoms with Gasteiger partial charge in [-0.2, -0.15) is 0 Å². The monoisotopic (exact) mass is 264 g/mol. The Balaban J connectivity index is 3.31. The minimum absolute atomic E-state index is 0.00991. The summed E-state index contributed by atoms with van der Waals surface area (Å²) < 4.78 is 0.00991. The molecule has 0 aromatic rings. The minimum atomic E-state index is -0.0913. The molecule has 7 heteroatoms. The molecule has 2 amide bonds. The molecular weight excluding hydrogens is 248 g/mol. The van der Waals surface area contributed by atoms with Crippen molar-refractivity contribution in [1.29, 1.82) is 0 Å². The molecule has 0 atom stereocenters. The molecule has 92 valence electrons. The fraction of sp³-hybridized carbons (Fsp3) is 0.667. The quantitative estimate of drug-likeness (QED) is 0.696. The molecule has 0 bridgehead atoms. The SMILES string of the molecule is CC(=O)NCCSC(=O)SCCNC(C)=O. The number of thioether (sulfide) groups is 2. The van der Waals surface area contributed by atoms with Crippen molar-refractivity contribution in [3.05, 3.63) is 0 Å². The Morgan fingerprint density at radius 1 is 0.875 bits per heavy atom. The van der Waals surface area contributed by atoms with Crippen molar-refractivity contribution in [3.63, 3.8) is 0 Å². The van der Waals surface area contributed by atoms with Crippen LogP contribution in [0.4, 0.5) is 4.79 Å². The average Bonchev–Trinajstić information content (AvgIpc) is 2.19. The van der Waals surface area contributed by atoms with Crippen LogP contribution in [0.15, 0.2) is 0 Å². The largest absolute Gasteiger partial charge is 0.356 e. The Morgan fingerprint density at radius 2 is 1.25 bits per heavy atom. The summed E-state index contributed by atoms with van der Waals surface area (Å²) in [6, 6.07) is 0. The highest BCUT2D eigenvalue weighted by Gasteiger charge is 2.03. The van der Waals surface area contributed by atoms with Gasteiger partial charge in [0, 0.05) is 38.4 Å². The summed E-state index contributed by atoms with van der Waals surface area (Å²) in [4.78, 5) is 32.3. The second kappa shape index (κ2) is 9.53. The molecule has 0 fully saturated rings. The van der Waals surface area contributed by atoms with Gasteiger partial charge in [-0.05, 0) is 0 Å². The Kier molecular flexibility index (Phi) is 9.12. The maximum atomic E-state index is 11.2. The van der Waals surface area contributed by atoms with Crippen LogP contribution in [-0.2, 0) is 9.59 Å². The third kappa shape index (κ3) is 11.4. The van der Waals surface area contributed by atoms with Gasteiger partial charge in [-0.25, -0.2) is 0 Å². The number of rotatable bonds is 6. The predicted molar refractivity (Wildman–Crippen MR) is 67.7 cm³/mol. The van der Waals surface area contributed by atoms with Crippen LogP contribution in [-0.4, -0.2) is 40.9 Å². The number of hydrogen-bond acceptors (Lipinski definition) is 5. The zero-order chi connectivity index (χ0) is 12.4. The van der Waals surface area contributed by atoms with Gasteiger partial charge in [0.15, 0.2) is 0 Å². The summed E-state index contributed by atoms with van der Waals surface area (Å²) in [5, 5.41) is 5.21. The van der Waals surface area contributed by atoms with Crippen molar-refractivity contribution in [2.45, 2.75) is 13.8 Å². The van der Waals surface area contributed by atoms with E-state index in [-0.39, 0.29) is 16.3 Å². The highest BCUT2D eigenvalue weighted by molar-refractivity contribution is 8.38. The molecule has 0 spiro atoms. The number of hydrogen-bond donors (Lipinski definition) is 2. The zero-order valence-electron chi connectivity index (χ0n) is 9.37. The highest BCUT2D eigenvalue weighted by atomic mass is 32.2. The van der Waals surface area contributed by atoms with Gasteiger partial charge < -0.3 is 10.6 Å². The Hall–Kier alpha value is -0.690. The molecule has 0 saturated carbocycles. The number of amides is 2. The van der Waals surface area contributed by atoms with E-state index in [2.05, 4.69) is 10.6 Å². The average molecular weight is 264 g/mol. The number of nitrogens with one attached hydrogen (secondary N) is 2. The molecular formula is C9H16N2O3S2. The van der Waals surface area contributed by atoms with E-state index in [1.54, 1.807) is 0 Å². The summed E-state index contributed by atoms with van der Waals surface area (Å²) >= 11 is 2.35. The van der Waals surface area contributed by atoms with E-state index in [9.17, 15) is 14.4 Å². The first-order valence-electron chi connectivity index (χ1n) is 4.81. The summed E-state index contributed by atoms with van der Waals surface area (Å²) in [5.41, 5.74) is 0. The second-order valence-corrected chi connectivity index (χ2v) is 5.31. The van der Waals surface area contributed by atoms with Gasteiger partial charge in [-0.3, -0.25) is 14.4 Å². The standard InChI is InChI=1S/C9H16N2O3S2/c1-7(12)10-3-5-15-9(14)16-6-4-11-8(2)13/h3-6H2,1-2H3,(H,10,12)(H,11,13). The van der Waals surface area contributed by atoms with E-state index < -0.39 is 0 Å². The molecule has 0 saturated heterocycles. The van der Waals surface area contributed by atoms with E-state index in [0.717, 1.165) is 0 Å². The van der Waals surface area contributed by atoms with Crippen molar-refractivity contribution in [2.24, 2.45) is 0 Å². The first-order valence-corrected chi connectivity index (χ1v) is 6.78. The summed E-state index contributed by atoms with van der Waals surface area (Å²) in [7, 11) is 0. The van der Waals surface area contributed by atoms with Gasteiger partial charge in [0.05, 0.1) is 0 Å². The lowest BCUT2D eigenvalue weighted by atomic mass is 10.6. The van der Waals surface area contributed by atoms with Crippen LogP contribution in [0.25, 0.3) is 0 Å². The molecule has 5 nitrogen and oxygen atoms in total. The third-order valence-corrected chi connectivity index (χ3v) is 3.39. The first kappa shape index (κ1) is 15.3. The molecule has 16 heavy (non-hydrogen) atoms. The smallest absolute Gasteiger partial charge is 0.246 e. The molecule has 0 rings (SSSR count). The van der Waals surface area contributed by atoms with E-state index in [1.165, 1.54) is 37.4 Å². The van der Waals surface area contributed by atoms with Gasteiger partial charge in [-0.1, -0.05) is 23.5 Å². The van der Waals surface area contributed by atoms with Crippen LogP contribution >= 0.6 is 23.5 Å². The normalized spacial score (nSPS) is 9.62. The maximum absolute atomic E-state index is 11.2. The van der Waals surface area contributed by atoms with Crippen LogP contribution in [0.3, 0.4) is 0 Å². The molecule has 0 aromatic carbocycles. The molecule has 0 heterocycles. The number of carbonyl (C=O) groups is 3. The summed E-state index contributed by atoms with van der Waals surface area (Å²) in [6.07, 6.45) is 0. The Morgan fingerprint density at radius 3 is 1.56 bits per heavy atom.